The highest BCUT2D eigenvalue weighted by molar-refractivity contribution is 5.98. The van der Waals surface area contributed by atoms with E-state index in [1.54, 1.807) is 0 Å². The Bertz CT molecular complexity index is 1160. The van der Waals surface area contributed by atoms with Gasteiger partial charge in [-0.1, -0.05) is 24.3 Å². The second-order valence-corrected chi connectivity index (χ2v) is 8.12. The lowest BCUT2D eigenvalue weighted by atomic mass is 10.0. The summed E-state index contributed by atoms with van der Waals surface area (Å²) >= 11 is 0. The Kier molecular flexibility index (Phi) is 6.42. The number of halogens is 3. The van der Waals surface area contributed by atoms with Crippen LogP contribution in [0.15, 0.2) is 54.7 Å². The molecule has 2 aromatic carbocycles. The van der Waals surface area contributed by atoms with Gasteiger partial charge in [-0.15, -0.1) is 0 Å². The summed E-state index contributed by atoms with van der Waals surface area (Å²) in [6.07, 6.45) is -1.79. The minimum atomic E-state index is -4.54. The van der Waals surface area contributed by atoms with Crippen LogP contribution in [0.25, 0.3) is 10.9 Å². The Labute approximate surface area is 189 Å². The van der Waals surface area contributed by atoms with Crippen molar-refractivity contribution in [3.05, 3.63) is 71.4 Å². The first kappa shape index (κ1) is 22.8. The third-order valence-electron chi connectivity index (χ3n) is 6.08. The molecule has 0 spiro atoms. The molecule has 1 saturated heterocycles. The Morgan fingerprint density at radius 3 is 2.67 bits per heavy atom. The highest BCUT2D eigenvalue weighted by atomic mass is 19.4. The van der Waals surface area contributed by atoms with Crippen molar-refractivity contribution in [2.24, 2.45) is 0 Å². The van der Waals surface area contributed by atoms with Gasteiger partial charge in [0.25, 0.3) is 5.91 Å². The SMILES string of the molecule is CNC(=O)C1CN(CCc2c[nH]c3ccccc23)CCN1C(=O)c1cccc(C(F)(F)F)c1. The summed E-state index contributed by atoms with van der Waals surface area (Å²) in [5, 5.41) is 3.73. The van der Waals surface area contributed by atoms with Crippen LogP contribution >= 0.6 is 0 Å². The van der Waals surface area contributed by atoms with Crippen molar-refractivity contribution in [1.82, 2.24) is 20.1 Å². The number of aromatic nitrogens is 1. The first-order valence-electron chi connectivity index (χ1n) is 10.7. The van der Waals surface area contributed by atoms with E-state index in [1.165, 1.54) is 29.6 Å². The van der Waals surface area contributed by atoms with E-state index in [0.29, 0.717) is 19.6 Å². The summed E-state index contributed by atoms with van der Waals surface area (Å²) in [7, 11) is 1.49. The van der Waals surface area contributed by atoms with Crippen molar-refractivity contribution in [1.29, 1.82) is 0 Å². The number of alkyl halides is 3. The van der Waals surface area contributed by atoms with Gasteiger partial charge in [0.05, 0.1) is 5.56 Å². The number of aromatic amines is 1. The van der Waals surface area contributed by atoms with E-state index in [2.05, 4.69) is 21.3 Å². The number of rotatable bonds is 5. The van der Waals surface area contributed by atoms with Crippen molar-refractivity contribution in [2.75, 3.05) is 33.2 Å². The quantitative estimate of drug-likeness (QED) is 0.617. The molecule has 0 bridgehead atoms. The van der Waals surface area contributed by atoms with E-state index in [0.717, 1.165) is 29.5 Å². The summed E-state index contributed by atoms with van der Waals surface area (Å²) < 4.78 is 39.3. The number of nitrogens with zero attached hydrogens (tertiary/aromatic N) is 2. The van der Waals surface area contributed by atoms with E-state index in [9.17, 15) is 22.8 Å². The third kappa shape index (κ3) is 4.88. The topological polar surface area (TPSA) is 68.4 Å². The monoisotopic (exact) mass is 458 g/mol. The number of benzene rings is 2. The van der Waals surface area contributed by atoms with Crippen LogP contribution in [0.5, 0.6) is 0 Å². The molecule has 9 heteroatoms. The molecule has 2 N–H and O–H groups in total. The molecular formula is C24H25F3N4O2. The molecule has 1 unspecified atom stereocenters. The number of para-hydroxylation sites is 1. The lowest BCUT2D eigenvalue weighted by molar-refractivity contribution is -0.137. The Morgan fingerprint density at radius 2 is 1.91 bits per heavy atom. The number of carbonyl (C=O) groups excluding carboxylic acids is 2. The molecule has 1 aliphatic heterocycles. The molecule has 3 aromatic rings. The lowest BCUT2D eigenvalue weighted by Gasteiger charge is -2.40. The van der Waals surface area contributed by atoms with Crippen LogP contribution in [0.4, 0.5) is 13.2 Å². The molecule has 4 rings (SSSR count). The predicted octanol–water partition coefficient (Wildman–Crippen LogP) is 3.30. The van der Waals surface area contributed by atoms with Crippen LogP contribution in [-0.4, -0.2) is 65.9 Å². The first-order valence-corrected chi connectivity index (χ1v) is 10.7. The molecule has 1 aliphatic rings. The first-order chi connectivity index (χ1) is 15.8. The maximum absolute atomic E-state index is 13.1. The normalized spacial score (nSPS) is 17.3. The van der Waals surface area contributed by atoms with Crippen molar-refractivity contribution >= 4 is 22.7 Å². The minimum absolute atomic E-state index is 0.0778. The summed E-state index contributed by atoms with van der Waals surface area (Å²) in [6.45, 7) is 1.79. The summed E-state index contributed by atoms with van der Waals surface area (Å²) in [5.41, 5.74) is 1.27. The van der Waals surface area contributed by atoms with Crippen LogP contribution < -0.4 is 5.32 Å². The number of hydrogen-bond donors (Lipinski definition) is 2. The molecule has 0 saturated carbocycles. The average Bonchev–Trinajstić information content (AvgIpc) is 3.24. The minimum Gasteiger partial charge on any atom is -0.361 e. The van der Waals surface area contributed by atoms with Crippen molar-refractivity contribution in [3.63, 3.8) is 0 Å². The second-order valence-electron chi connectivity index (χ2n) is 8.12. The molecule has 1 atom stereocenters. The summed E-state index contributed by atoms with van der Waals surface area (Å²) in [6, 6.07) is 11.6. The summed E-state index contributed by atoms with van der Waals surface area (Å²) in [5.74, 6) is -0.918. The van der Waals surface area contributed by atoms with Crippen LogP contribution in [0.2, 0.25) is 0 Å². The van der Waals surface area contributed by atoms with Gasteiger partial charge < -0.3 is 15.2 Å². The average molecular weight is 458 g/mol. The van der Waals surface area contributed by atoms with Gasteiger partial charge >= 0.3 is 6.18 Å². The van der Waals surface area contributed by atoms with Gasteiger partial charge in [0.1, 0.15) is 6.04 Å². The standard InChI is InChI=1S/C24H25F3N4O2/c1-28-22(32)21-15-30(10-9-17-14-29-20-8-3-2-7-19(17)20)11-12-31(21)23(33)16-5-4-6-18(13-16)24(25,26)27/h2-8,13-14,21,29H,9-12,15H2,1H3,(H,28,32). The third-order valence-corrected chi connectivity index (χ3v) is 6.08. The number of hydrogen-bond acceptors (Lipinski definition) is 3. The smallest absolute Gasteiger partial charge is 0.361 e. The molecule has 1 fully saturated rings. The van der Waals surface area contributed by atoms with Gasteiger partial charge in [-0.05, 0) is 36.2 Å². The van der Waals surface area contributed by atoms with E-state index in [-0.39, 0.29) is 18.0 Å². The highest BCUT2D eigenvalue weighted by Gasteiger charge is 2.36. The van der Waals surface area contributed by atoms with E-state index < -0.39 is 23.7 Å². The zero-order chi connectivity index (χ0) is 23.6. The maximum atomic E-state index is 13.1. The number of carbonyl (C=O) groups is 2. The van der Waals surface area contributed by atoms with E-state index >= 15 is 0 Å². The highest BCUT2D eigenvalue weighted by Crippen LogP contribution is 2.30. The molecule has 2 amide bonds. The van der Waals surface area contributed by atoms with Crippen molar-refractivity contribution in [2.45, 2.75) is 18.6 Å². The lowest BCUT2D eigenvalue weighted by Crippen LogP contribution is -2.60. The Morgan fingerprint density at radius 1 is 1.12 bits per heavy atom. The molecular weight excluding hydrogens is 433 g/mol. The number of amides is 2. The molecule has 2 heterocycles. The molecule has 0 aliphatic carbocycles. The zero-order valence-corrected chi connectivity index (χ0v) is 18.2. The van der Waals surface area contributed by atoms with Crippen LogP contribution in [0.3, 0.4) is 0 Å². The number of nitrogens with one attached hydrogen (secondary N) is 2. The van der Waals surface area contributed by atoms with E-state index in [4.69, 9.17) is 0 Å². The number of likely N-dealkylation sites (N-methyl/N-ethyl adjacent to an activating group) is 1. The molecule has 0 radical (unpaired) electrons. The number of fused-ring (bicyclic) bond motifs is 1. The van der Waals surface area contributed by atoms with Gasteiger partial charge in [-0.2, -0.15) is 13.2 Å². The largest absolute Gasteiger partial charge is 0.416 e. The van der Waals surface area contributed by atoms with Crippen LogP contribution in [0, 0.1) is 0 Å². The summed E-state index contributed by atoms with van der Waals surface area (Å²) in [4.78, 5) is 32.4. The second kappa shape index (κ2) is 9.27. The van der Waals surface area contributed by atoms with Gasteiger partial charge in [-0.25, -0.2) is 0 Å². The molecule has 6 nitrogen and oxygen atoms in total. The molecule has 33 heavy (non-hydrogen) atoms. The Balaban J connectivity index is 1.47. The molecule has 1 aromatic heterocycles. The zero-order valence-electron chi connectivity index (χ0n) is 18.2. The van der Waals surface area contributed by atoms with Crippen molar-refractivity contribution < 1.29 is 22.8 Å². The van der Waals surface area contributed by atoms with Gasteiger partial charge in [0.15, 0.2) is 0 Å². The number of H-pyrrole nitrogens is 1. The van der Waals surface area contributed by atoms with Gasteiger partial charge in [0.2, 0.25) is 5.91 Å². The van der Waals surface area contributed by atoms with Crippen molar-refractivity contribution in [3.8, 4) is 0 Å². The number of piperazine rings is 1. The van der Waals surface area contributed by atoms with Crippen LogP contribution in [-0.2, 0) is 17.4 Å². The van der Waals surface area contributed by atoms with E-state index in [1.807, 2.05) is 24.4 Å². The fourth-order valence-corrected chi connectivity index (χ4v) is 4.29. The fraction of sp³-hybridized carbons (Fsp3) is 0.333. The Hall–Kier alpha value is -3.33. The molecule has 174 valence electrons. The van der Waals surface area contributed by atoms with Crippen LogP contribution in [0.1, 0.15) is 21.5 Å². The fourth-order valence-electron chi connectivity index (χ4n) is 4.29. The van der Waals surface area contributed by atoms with Gasteiger partial charge in [-0.3, -0.25) is 14.5 Å². The maximum Gasteiger partial charge on any atom is 0.416 e. The predicted molar refractivity (Wildman–Crippen MR) is 119 cm³/mol. The van der Waals surface area contributed by atoms with Gasteiger partial charge in [0, 0.05) is 55.9 Å².